The number of carbonyl (C=O) groups excluding carboxylic acids is 1. The molecule has 0 fully saturated rings. The maximum absolute atomic E-state index is 11.2. The topological polar surface area (TPSA) is 52.3 Å². The zero-order valence-electron chi connectivity index (χ0n) is 8.87. The second-order valence-corrected chi connectivity index (χ2v) is 4.19. The van der Waals surface area contributed by atoms with Gasteiger partial charge in [0.25, 0.3) is 0 Å². The van der Waals surface area contributed by atoms with E-state index in [-0.39, 0.29) is 12.4 Å². The third-order valence-corrected chi connectivity index (χ3v) is 2.44. The van der Waals surface area contributed by atoms with E-state index < -0.39 is 6.04 Å². The van der Waals surface area contributed by atoms with Gasteiger partial charge in [-0.05, 0) is 30.7 Å². The Balaban J connectivity index is 2.72. The van der Waals surface area contributed by atoms with Crippen LogP contribution in [0.5, 0.6) is 0 Å². The molecule has 1 atom stereocenters. The highest BCUT2D eigenvalue weighted by atomic mass is 35.5. The molecular weight excluding hydrogens is 249 g/mol. The van der Waals surface area contributed by atoms with Crippen LogP contribution in [-0.2, 0) is 9.53 Å². The molecule has 0 saturated carbocycles. The average Bonchev–Trinajstić information content (AvgIpc) is 2.16. The van der Waals surface area contributed by atoms with Gasteiger partial charge in [-0.2, -0.15) is 0 Å². The molecule has 0 radical (unpaired) electrons. The molecule has 1 rings (SSSR count). The molecule has 2 N–H and O–H groups in total. The number of hydrogen-bond donors (Lipinski definition) is 1. The molecule has 0 aliphatic rings. The van der Waals surface area contributed by atoms with Crippen molar-refractivity contribution in [1.82, 2.24) is 0 Å². The van der Waals surface area contributed by atoms with Gasteiger partial charge in [0.2, 0.25) is 0 Å². The Bertz CT molecular complexity index is 362. The Morgan fingerprint density at radius 1 is 1.38 bits per heavy atom. The number of esters is 1. The smallest absolute Gasteiger partial charge is 0.307 e. The Morgan fingerprint density at radius 2 is 1.94 bits per heavy atom. The minimum Gasteiger partial charge on any atom is -0.466 e. The van der Waals surface area contributed by atoms with Gasteiger partial charge < -0.3 is 10.5 Å². The van der Waals surface area contributed by atoms with Crippen molar-refractivity contribution >= 4 is 29.2 Å². The van der Waals surface area contributed by atoms with Gasteiger partial charge in [0.1, 0.15) is 0 Å². The number of ether oxygens (including phenoxy) is 1. The van der Waals surface area contributed by atoms with Gasteiger partial charge in [0, 0.05) is 16.1 Å². The summed E-state index contributed by atoms with van der Waals surface area (Å²) in [6.07, 6.45) is 0.116. The number of nitrogens with two attached hydrogens (primary N) is 1. The molecule has 0 unspecified atom stereocenters. The van der Waals surface area contributed by atoms with Crippen LogP contribution in [0.4, 0.5) is 0 Å². The number of halogens is 2. The number of carbonyl (C=O) groups is 1. The Labute approximate surface area is 104 Å². The lowest BCUT2D eigenvalue weighted by Gasteiger charge is -2.12. The van der Waals surface area contributed by atoms with Gasteiger partial charge in [-0.15, -0.1) is 0 Å². The second-order valence-electron chi connectivity index (χ2n) is 3.32. The maximum Gasteiger partial charge on any atom is 0.307 e. The van der Waals surface area contributed by atoms with E-state index in [1.807, 2.05) is 0 Å². The van der Waals surface area contributed by atoms with Gasteiger partial charge in [-0.3, -0.25) is 4.79 Å². The number of benzene rings is 1. The lowest BCUT2D eigenvalue weighted by molar-refractivity contribution is -0.143. The predicted octanol–water partition coefficient (Wildman–Crippen LogP) is 2.95. The fourth-order valence-electron chi connectivity index (χ4n) is 1.31. The van der Waals surface area contributed by atoms with Crippen LogP contribution in [0.25, 0.3) is 0 Å². The molecule has 0 aromatic heterocycles. The van der Waals surface area contributed by atoms with E-state index >= 15 is 0 Å². The SMILES string of the molecule is CCOC(=O)C[C@H](N)c1cc(Cl)cc(Cl)c1. The van der Waals surface area contributed by atoms with Crippen molar-refractivity contribution in [2.24, 2.45) is 5.73 Å². The molecule has 0 heterocycles. The summed E-state index contributed by atoms with van der Waals surface area (Å²) in [6, 6.07) is 4.55. The predicted molar refractivity (Wildman–Crippen MR) is 64.6 cm³/mol. The Morgan fingerprint density at radius 3 is 2.44 bits per heavy atom. The van der Waals surface area contributed by atoms with Crippen LogP contribution in [0, 0.1) is 0 Å². The van der Waals surface area contributed by atoms with Gasteiger partial charge in [-0.25, -0.2) is 0 Å². The fourth-order valence-corrected chi connectivity index (χ4v) is 1.85. The summed E-state index contributed by atoms with van der Waals surface area (Å²) in [7, 11) is 0. The maximum atomic E-state index is 11.2. The van der Waals surface area contributed by atoms with Crippen molar-refractivity contribution < 1.29 is 9.53 Å². The molecule has 1 aromatic carbocycles. The minimum atomic E-state index is -0.449. The largest absolute Gasteiger partial charge is 0.466 e. The van der Waals surface area contributed by atoms with E-state index in [2.05, 4.69) is 0 Å². The molecule has 16 heavy (non-hydrogen) atoms. The summed E-state index contributed by atoms with van der Waals surface area (Å²) >= 11 is 11.7. The Hall–Kier alpha value is -0.770. The first kappa shape index (κ1) is 13.3. The molecule has 0 saturated heterocycles. The molecular formula is C11H13Cl2NO2. The molecule has 0 aliphatic heterocycles. The number of hydrogen-bond acceptors (Lipinski definition) is 3. The van der Waals surface area contributed by atoms with Crippen LogP contribution in [0.3, 0.4) is 0 Å². The molecule has 0 amide bonds. The highest BCUT2D eigenvalue weighted by molar-refractivity contribution is 6.34. The van der Waals surface area contributed by atoms with E-state index in [1.54, 1.807) is 25.1 Å². The standard InChI is InChI=1S/C11H13Cl2NO2/c1-2-16-11(15)6-10(14)7-3-8(12)5-9(13)4-7/h3-5,10H,2,6,14H2,1H3/t10-/m0/s1. The fraction of sp³-hybridized carbons (Fsp3) is 0.364. The zero-order chi connectivity index (χ0) is 12.1. The van der Waals surface area contributed by atoms with E-state index in [4.69, 9.17) is 33.7 Å². The van der Waals surface area contributed by atoms with Gasteiger partial charge in [0.15, 0.2) is 0 Å². The van der Waals surface area contributed by atoms with Crippen molar-refractivity contribution in [1.29, 1.82) is 0 Å². The Kier molecular flexibility index (Phi) is 5.06. The molecule has 3 nitrogen and oxygen atoms in total. The molecule has 88 valence electrons. The van der Waals surface area contributed by atoms with Crippen molar-refractivity contribution in [2.75, 3.05) is 6.61 Å². The molecule has 0 bridgehead atoms. The van der Waals surface area contributed by atoms with E-state index in [1.165, 1.54) is 0 Å². The van der Waals surface area contributed by atoms with Gasteiger partial charge in [0.05, 0.1) is 13.0 Å². The molecule has 0 aliphatic carbocycles. The summed E-state index contributed by atoms with van der Waals surface area (Å²) in [6.45, 7) is 2.10. The van der Waals surface area contributed by atoms with Crippen molar-refractivity contribution in [3.63, 3.8) is 0 Å². The van der Waals surface area contributed by atoms with Crippen LogP contribution in [0.2, 0.25) is 10.0 Å². The number of rotatable bonds is 4. The minimum absolute atomic E-state index is 0.116. The lowest BCUT2D eigenvalue weighted by atomic mass is 10.1. The quantitative estimate of drug-likeness (QED) is 0.849. The first-order valence-corrected chi connectivity index (χ1v) is 5.65. The van der Waals surface area contributed by atoms with Gasteiger partial charge in [-0.1, -0.05) is 23.2 Å². The summed E-state index contributed by atoms with van der Waals surface area (Å²) in [5.41, 5.74) is 6.57. The van der Waals surface area contributed by atoms with Crippen molar-refractivity contribution in [3.05, 3.63) is 33.8 Å². The molecule has 5 heteroatoms. The summed E-state index contributed by atoms with van der Waals surface area (Å²) in [5, 5.41) is 1.00. The highest BCUT2D eigenvalue weighted by Gasteiger charge is 2.13. The normalized spacial score (nSPS) is 12.2. The van der Waals surface area contributed by atoms with Crippen LogP contribution >= 0.6 is 23.2 Å². The van der Waals surface area contributed by atoms with E-state index in [9.17, 15) is 4.79 Å². The third-order valence-electron chi connectivity index (χ3n) is 2.00. The lowest BCUT2D eigenvalue weighted by Crippen LogP contribution is -2.17. The summed E-state index contributed by atoms with van der Waals surface area (Å²) in [5.74, 6) is -0.328. The van der Waals surface area contributed by atoms with Crippen LogP contribution < -0.4 is 5.73 Å². The first-order chi connectivity index (χ1) is 7.52. The summed E-state index contributed by atoms with van der Waals surface area (Å²) < 4.78 is 4.81. The second kappa shape index (κ2) is 6.09. The highest BCUT2D eigenvalue weighted by Crippen LogP contribution is 2.24. The van der Waals surface area contributed by atoms with Crippen LogP contribution in [0.15, 0.2) is 18.2 Å². The summed E-state index contributed by atoms with van der Waals surface area (Å²) in [4.78, 5) is 11.2. The average molecular weight is 262 g/mol. The zero-order valence-corrected chi connectivity index (χ0v) is 10.4. The van der Waals surface area contributed by atoms with Crippen molar-refractivity contribution in [2.45, 2.75) is 19.4 Å². The van der Waals surface area contributed by atoms with Gasteiger partial charge >= 0.3 is 5.97 Å². The van der Waals surface area contributed by atoms with Crippen molar-refractivity contribution in [3.8, 4) is 0 Å². The van der Waals surface area contributed by atoms with E-state index in [0.29, 0.717) is 16.7 Å². The monoisotopic (exact) mass is 261 g/mol. The third kappa shape index (κ3) is 4.00. The van der Waals surface area contributed by atoms with E-state index in [0.717, 1.165) is 5.56 Å². The molecule has 0 spiro atoms. The van der Waals surface area contributed by atoms with Crippen LogP contribution in [-0.4, -0.2) is 12.6 Å². The van der Waals surface area contributed by atoms with Crippen LogP contribution in [0.1, 0.15) is 24.9 Å². The first-order valence-electron chi connectivity index (χ1n) is 4.90. The molecule has 1 aromatic rings.